The highest BCUT2D eigenvalue weighted by atomic mass is 32.1. The molecule has 0 bridgehead atoms. The highest BCUT2D eigenvalue weighted by Crippen LogP contribution is 2.09. The van der Waals surface area contributed by atoms with E-state index in [-0.39, 0.29) is 11.6 Å². The minimum Gasteiger partial charge on any atom is -0.476 e. The molecule has 0 aromatic carbocycles. The second-order valence-corrected chi connectivity index (χ2v) is 4.65. The van der Waals surface area contributed by atoms with Crippen LogP contribution in [-0.2, 0) is 11.2 Å². The van der Waals surface area contributed by atoms with Crippen molar-refractivity contribution >= 4 is 29.2 Å². The second-order valence-electron chi connectivity index (χ2n) is 3.70. The maximum atomic E-state index is 11.5. The van der Waals surface area contributed by atoms with Gasteiger partial charge in [-0.15, -0.1) is 11.3 Å². The molecule has 104 valence electrons. The smallest absolute Gasteiger partial charge is 0.355 e. The summed E-state index contributed by atoms with van der Waals surface area (Å²) in [6, 6.07) is -1.49. The van der Waals surface area contributed by atoms with E-state index in [1.54, 1.807) is 0 Å². The third kappa shape index (κ3) is 4.92. The highest BCUT2D eigenvalue weighted by Gasteiger charge is 2.14. The van der Waals surface area contributed by atoms with Crippen LogP contribution in [0.1, 0.15) is 22.4 Å². The van der Waals surface area contributed by atoms with Crippen molar-refractivity contribution in [3.63, 3.8) is 0 Å². The molecule has 1 heterocycles. The summed E-state index contributed by atoms with van der Waals surface area (Å²) in [5.41, 5.74) is 4.88. The fourth-order valence-electron chi connectivity index (χ4n) is 1.25. The lowest BCUT2D eigenvalue weighted by molar-refractivity contribution is -0.122. The van der Waals surface area contributed by atoms with Crippen LogP contribution in [0.4, 0.5) is 4.79 Å². The Morgan fingerprint density at radius 3 is 2.74 bits per heavy atom. The predicted molar refractivity (Wildman–Crippen MR) is 68.0 cm³/mol. The number of carbonyl (C=O) groups excluding carboxylic acids is 2. The van der Waals surface area contributed by atoms with Gasteiger partial charge in [0.15, 0.2) is 5.69 Å². The molecule has 19 heavy (non-hydrogen) atoms. The maximum absolute atomic E-state index is 11.5. The van der Waals surface area contributed by atoms with E-state index < -0.39 is 18.0 Å². The van der Waals surface area contributed by atoms with Crippen molar-refractivity contribution in [3.05, 3.63) is 16.1 Å². The van der Waals surface area contributed by atoms with E-state index in [0.717, 1.165) is 0 Å². The first-order valence-corrected chi connectivity index (χ1v) is 6.29. The van der Waals surface area contributed by atoms with Crippen LogP contribution >= 0.6 is 11.3 Å². The van der Waals surface area contributed by atoms with Gasteiger partial charge in [0.2, 0.25) is 5.91 Å². The summed E-state index contributed by atoms with van der Waals surface area (Å²) in [5, 5.41) is 15.6. The summed E-state index contributed by atoms with van der Waals surface area (Å²) in [7, 11) is 0. The van der Waals surface area contributed by atoms with Crippen molar-refractivity contribution < 1.29 is 19.5 Å². The van der Waals surface area contributed by atoms with Gasteiger partial charge in [-0.3, -0.25) is 4.79 Å². The average Bonchev–Trinajstić information content (AvgIpc) is 2.76. The zero-order valence-corrected chi connectivity index (χ0v) is 11.0. The molecular weight excluding hydrogens is 272 g/mol. The van der Waals surface area contributed by atoms with E-state index >= 15 is 0 Å². The molecule has 8 nitrogen and oxygen atoms in total. The molecule has 0 radical (unpaired) electrons. The van der Waals surface area contributed by atoms with E-state index in [2.05, 4.69) is 15.6 Å². The van der Waals surface area contributed by atoms with Crippen molar-refractivity contribution in [3.8, 4) is 0 Å². The number of carboxylic acid groups (broad SMARTS) is 1. The molecular formula is C10H14N4O4S. The Hall–Kier alpha value is -2.16. The topological polar surface area (TPSA) is 134 Å². The minimum atomic E-state index is -1.08. The monoisotopic (exact) mass is 286 g/mol. The van der Waals surface area contributed by atoms with Crippen LogP contribution in [0.2, 0.25) is 0 Å². The predicted octanol–water partition coefficient (Wildman–Crippen LogP) is -0.443. The van der Waals surface area contributed by atoms with E-state index in [4.69, 9.17) is 10.8 Å². The molecule has 0 aliphatic heterocycles. The number of thiazole rings is 1. The SMILES string of the molecule is CC(NC(N)=O)C(=O)NCCc1nc(C(=O)O)cs1. The van der Waals surface area contributed by atoms with Gasteiger partial charge in [-0.05, 0) is 6.92 Å². The fraction of sp³-hybridized carbons (Fsp3) is 0.400. The summed E-state index contributed by atoms with van der Waals surface area (Å²) < 4.78 is 0. The number of urea groups is 1. The first-order valence-electron chi connectivity index (χ1n) is 5.41. The summed E-state index contributed by atoms with van der Waals surface area (Å²) >= 11 is 1.22. The van der Waals surface area contributed by atoms with Gasteiger partial charge in [-0.25, -0.2) is 14.6 Å². The number of carbonyl (C=O) groups is 3. The van der Waals surface area contributed by atoms with Crippen LogP contribution in [-0.4, -0.2) is 40.6 Å². The lowest BCUT2D eigenvalue weighted by atomic mass is 10.3. The molecule has 3 amide bonds. The van der Waals surface area contributed by atoms with Crippen molar-refractivity contribution in [2.24, 2.45) is 5.73 Å². The molecule has 0 fully saturated rings. The molecule has 0 saturated heterocycles. The van der Waals surface area contributed by atoms with E-state index in [9.17, 15) is 14.4 Å². The largest absolute Gasteiger partial charge is 0.476 e. The average molecular weight is 286 g/mol. The first-order chi connectivity index (χ1) is 8.90. The lowest BCUT2D eigenvalue weighted by Crippen LogP contribution is -2.47. The number of rotatable bonds is 6. The quantitative estimate of drug-likeness (QED) is 0.562. The number of primary amides is 1. The van der Waals surface area contributed by atoms with Crippen LogP contribution < -0.4 is 16.4 Å². The normalized spacial score (nSPS) is 11.6. The van der Waals surface area contributed by atoms with Gasteiger partial charge < -0.3 is 21.5 Å². The molecule has 9 heteroatoms. The maximum Gasteiger partial charge on any atom is 0.355 e. The molecule has 0 saturated carbocycles. The number of nitrogens with one attached hydrogen (secondary N) is 2. The summed E-state index contributed by atoms with van der Waals surface area (Å²) in [6.07, 6.45) is 0.424. The van der Waals surface area contributed by atoms with Gasteiger partial charge >= 0.3 is 12.0 Å². The van der Waals surface area contributed by atoms with Crippen molar-refractivity contribution in [2.45, 2.75) is 19.4 Å². The number of aromatic nitrogens is 1. The Labute approximate surface area is 113 Å². The number of nitrogens with zero attached hydrogens (tertiary/aromatic N) is 1. The third-order valence-corrected chi connectivity index (χ3v) is 3.07. The van der Waals surface area contributed by atoms with Crippen molar-refractivity contribution in [2.75, 3.05) is 6.54 Å². The second kappa shape index (κ2) is 6.69. The third-order valence-electron chi connectivity index (χ3n) is 2.16. The Morgan fingerprint density at radius 1 is 1.53 bits per heavy atom. The zero-order chi connectivity index (χ0) is 14.4. The molecule has 0 spiro atoms. The van der Waals surface area contributed by atoms with Gasteiger partial charge in [0.25, 0.3) is 0 Å². The van der Waals surface area contributed by atoms with Gasteiger partial charge in [-0.1, -0.05) is 0 Å². The van der Waals surface area contributed by atoms with Gasteiger partial charge in [0.05, 0.1) is 5.01 Å². The molecule has 5 N–H and O–H groups in total. The number of hydrogen-bond acceptors (Lipinski definition) is 5. The molecule has 1 unspecified atom stereocenters. The van der Waals surface area contributed by atoms with Crippen LogP contribution in [0.15, 0.2) is 5.38 Å². The summed E-state index contributed by atoms with van der Waals surface area (Å²) in [6.45, 7) is 1.81. The Bertz CT molecular complexity index is 488. The fourth-order valence-corrected chi connectivity index (χ4v) is 2.02. The van der Waals surface area contributed by atoms with Crippen LogP contribution in [0.3, 0.4) is 0 Å². The molecule has 1 rings (SSSR count). The number of hydrogen-bond donors (Lipinski definition) is 4. The molecule has 0 aliphatic rings. The lowest BCUT2D eigenvalue weighted by Gasteiger charge is -2.11. The standard InChI is InChI=1S/C10H14N4O4S/c1-5(13-10(11)18)8(15)12-3-2-7-14-6(4-19-7)9(16)17/h4-5H,2-3H2,1H3,(H,12,15)(H,16,17)(H3,11,13,18). The summed E-state index contributed by atoms with van der Waals surface area (Å²) in [4.78, 5) is 36.5. The van der Waals surface area contributed by atoms with Gasteiger partial charge in [-0.2, -0.15) is 0 Å². The molecule has 1 aromatic heterocycles. The number of aromatic carboxylic acids is 1. The van der Waals surface area contributed by atoms with Crippen molar-refractivity contribution in [1.29, 1.82) is 0 Å². The number of amides is 3. The summed E-state index contributed by atoms with van der Waals surface area (Å²) in [5.74, 6) is -1.44. The highest BCUT2D eigenvalue weighted by molar-refractivity contribution is 7.09. The van der Waals surface area contributed by atoms with Crippen LogP contribution in [0.5, 0.6) is 0 Å². The molecule has 1 atom stereocenters. The van der Waals surface area contributed by atoms with E-state index in [0.29, 0.717) is 18.0 Å². The van der Waals surface area contributed by atoms with Crippen molar-refractivity contribution in [1.82, 2.24) is 15.6 Å². The Morgan fingerprint density at radius 2 is 2.21 bits per heavy atom. The van der Waals surface area contributed by atoms with Gasteiger partial charge in [0, 0.05) is 18.3 Å². The zero-order valence-electron chi connectivity index (χ0n) is 10.2. The number of carboxylic acids is 1. The Balaban J connectivity index is 2.35. The van der Waals surface area contributed by atoms with Gasteiger partial charge in [0.1, 0.15) is 6.04 Å². The molecule has 1 aromatic rings. The molecule has 0 aliphatic carbocycles. The van der Waals surface area contributed by atoms with E-state index in [1.165, 1.54) is 23.6 Å². The van der Waals surface area contributed by atoms with Crippen LogP contribution in [0.25, 0.3) is 0 Å². The first kappa shape index (κ1) is 14.9. The van der Waals surface area contributed by atoms with Crippen LogP contribution in [0, 0.1) is 0 Å². The number of nitrogens with two attached hydrogens (primary N) is 1. The van der Waals surface area contributed by atoms with E-state index in [1.807, 2.05) is 0 Å². The minimum absolute atomic E-state index is 0.00455. The Kier molecular flexibility index (Phi) is 5.24.